The molecule has 0 spiro atoms. The van der Waals surface area contributed by atoms with Crippen LogP contribution in [0.25, 0.3) is 0 Å². The summed E-state index contributed by atoms with van der Waals surface area (Å²) < 4.78 is 55.0. The molecule has 2 saturated heterocycles. The monoisotopic (exact) mass is 691 g/mol. The number of carbonyl (C=O) groups is 7. The summed E-state index contributed by atoms with van der Waals surface area (Å²) in [4.78, 5) is 90.4. The van der Waals surface area contributed by atoms with Crippen LogP contribution in [0.3, 0.4) is 0 Å². The third kappa shape index (κ3) is 9.50. The van der Waals surface area contributed by atoms with Gasteiger partial charge in [0.25, 0.3) is 0 Å². The molecule has 3 aliphatic rings. The Balaban J connectivity index is 2.16. The average molecular weight is 692 g/mol. The van der Waals surface area contributed by atoms with E-state index >= 15 is 0 Å². The van der Waals surface area contributed by atoms with Gasteiger partial charge in [-0.25, -0.2) is 4.79 Å². The normalized spacial score (nSPS) is 30.9. The third-order valence-electron chi connectivity index (χ3n) is 6.84. The molecule has 0 radical (unpaired) electrons. The van der Waals surface area contributed by atoms with Gasteiger partial charge < -0.3 is 52.2 Å². The minimum atomic E-state index is -1.83. The first kappa shape index (κ1) is 37.9. The fourth-order valence-electron chi connectivity index (χ4n) is 5.25. The molecular weight excluding hydrogens is 654 g/mol. The van der Waals surface area contributed by atoms with Gasteiger partial charge in [0.15, 0.2) is 30.9 Å². The molecule has 0 amide bonds. The maximum Gasteiger partial charge on any atom is 0.405 e. The zero-order valence-electron chi connectivity index (χ0n) is 27.1. The molecule has 0 saturated carbocycles. The maximum absolute atomic E-state index is 12.8. The highest BCUT2D eigenvalue weighted by Crippen LogP contribution is 2.39. The standard InChI is InChI=1S/C28H37NO19/c1-8-38-26(36)20-19-23(42-14(5)33)21(17(9-39-11(2)30)45-27(19)48-29(20)37)47-28-25(44-16(7)35)24(43-15(6)34)22(41-13(4)32)18(46-28)10-40-12(3)31/h17-19,21-25,27-28H,8-10H2,1-7H3/t17-,18-,19-,21-,22-,23-,24+,25-,27-,28-/m1/s1. The summed E-state index contributed by atoms with van der Waals surface area (Å²) in [7, 11) is 0. The summed E-state index contributed by atoms with van der Waals surface area (Å²) in [6, 6.07) is 0. The largest absolute Gasteiger partial charge is 0.463 e. The van der Waals surface area contributed by atoms with Crippen molar-refractivity contribution in [1.29, 1.82) is 0 Å². The molecule has 0 unspecified atom stereocenters. The van der Waals surface area contributed by atoms with E-state index in [9.17, 15) is 38.8 Å². The van der Waals surface area contributed by atoms with E-state index in [-0.39, 0.29) is 11.5 Å². The Morgan fingerprint density at radius 3 is 1.60 bits per heavy atom. The second-order valence-corrected chi connectivity index (χ2v) is 10.6. The fourth-order valence-corrected chi connectivity index (χ4v) is 5.25. The summed E-state index contributed by atoms with van der Waals surface area (Å²) in [5, 5.41) is 12.8. The van der Waals surface area contributed by atoms with Gasteiger partial charge in [0, 0.05) is 41.5 Å². The number of fused-ring (bicyclic) bond motifs is 1. The van der Waals surface area contributed by atoms with Crippen LogP contribution in [0, 0.1) is 11.1 Å². The lowest BCUT2D eigenvalue weighted by Crippen LogP contribution is -2.66. The lowest BCUT2D eigenvalue weighted by molar-refractivity contribution is -0.753. The topological polar surface area (TPSA) is 247 Å². The number of hydrogen-bond donors (Lipinski definition) is 0. The molecule has 268 valence electrons. The van der Waals surface area contributed by atoms with E-state index in [0.717, 1.165) is 41.5 Å². The smallest absolute Gasteiger partial charge is 0.405 e. The molecule has 0 N–H and O–H groups in total. The highest BCUT2D eigenvalue weighted by atomic mass is 16.9. The molecule has 3 rings (SSSR count). The Kier molecular flexibility index (Phi) is 13.0. The van der Waals surface area contributed by atoms with Gasteiger partial charge in [-0.1, -0.05) is 0 Å². The zero-order valence-corrected chi connectivity index (χ0v) is 27.1. The summed E-state index contributed by atoms with van der Waals surface area (Å²) >= 11 is 0. The van der Waals surface area contributed by atoms with Crippen molar-refractivity contribution in [2.75, 3.05) is 19.8 Å². The SMILES string of the molecule is CCOC(=O)C1=[N+]([O-])O[C@H]2O[C@H](COC(C)=O)[C@@H](O[C@H]3O[C@H](COC(C)=O)[C@@H](OC(C)=O)[C@H](OC(C)=O)[C@H]3OC(C)=O)[C@H](OC(C)=O)[C@@H]12. The molecule has 0 bridgehead atoms. The predicted molar refractivity (Wildman–Crippen MR) is 148 cm³/mol. The van der Waals surface area contributed by atoms with Crippen molar-refractivity contribution in [2.45, 2.75) is 104 Å². The first-order valence-corrected chi connectivity index (χ1v) is 14.6. The minimum Gasteiger partial charge on any atom is -0.463 e. The summed E-state index contributed by atoms with van der Waals surface area (Å²) in [6.45, 7) is 6.40. The average Bonchev–Trinajstić information content (AvgIpc) is 3.29. The minimum absolute atomic E-state index is 0.146. The first-order valence-electron chi connectivity index (χ1n) is 14.6. The van der Waals surface area contributed by atoms with E-state index in [1.807, 2.05) is 0 Å². The van der Waals surface area contributed by atoms with Crippen molar-refractivity contribution >= 4 is 47.5 Å². The number of rotatable bonds is 12. The van der Waals surface area contributed by atoms with Crippen LogP contribution in [0.4, 0.5) is 0 Å². The summed E-state index contributed by atoms with van der Waals surface area (Å²) in [5.74, 6) is -7.81. The number of carbonyl (C=O) groups excluding carboxylic acids is 7. The maximum atomic E-state index is 12.8. The van der Waals surface area contributed by atoms with Gasteiger partial charge in [-0.3, -0.25) is 34.0 Å². The quantitative estimate of drug-likeness (QED) is 0.132. The molecule has 10 atom stereocenters. The number of ether oxygens (including phenoxy) is 10. The van der Waals surface area contributed by atoms with E-state index in [4.69, 9.17) is 52.2 Å². The van der Waals surface area contributed by atoms with Gasteiger partial charge in [-0.05, 0) is 6.92 Å². The van der Waals surface area contributed by atoms with Gasteiger partial charge in [0.05, 0.1) is 11.5 Å². The summed E-state index contributed by atoms with van der Waals surface area (Å²) in [5.41, 5.74) is -0.658. The number of hydrogen-bond acceptors (Lipinski definition) is 19. The Labute approximate surface area is 273 Å². The Bertz CT molecular complexity index is 1300. The third-order valence-corrected chi connectivity index (χ3v) is 6.84. The predicted octanol–water partition coefficient (Wildman–Crippen LogP) is -1.25. The van der Waals surface area contributed by atoms with E-state index in [1.54, 1.807) is 0 Å². The molecule has 3 heterocycles. The van der Waals surface area contributed by atoms with Crippen LogP contribution in [0.1, 0.15) is 48.5 Å². The van der Waals surface area contributed by atoms with Crippen molar-refractivity contribution in [2.24, 2.45) is 5.92 Å². The van der Waals surface area contributed by atoms with Gasteiger partial charge in [0.2, 0.25) is 0 Å². The van der Waals surface area contributed by atoms with Crippen molar-refractivity contribution < 1.29 is 90.7 Å². The van der Waals surface area contributed by atoms with Gasteiger partial charge in [0.1, 0.15) is 43.5 Å². The Morgan fingerprint density at radius 1 is 0.625 bits per heavy atom. The van der Waals surface area contributed by atoms with Gasteiger partial charge in [-0.2, -0.15) is 0 Å². The molecule has 0 aliphatic carbocycles. The number of nitrogens with zero attached hydrogens (tertiary/aromatic N) is 1. The number of esters is 7. The summed E-state index contributed by atoms with van der Waals surface area (Å²) in [6.07, 6.45) is -14.4. The Hall–Kier alpha value is -4.56. The van der Waals surface area contributed by atoms with E-state index in [0.29, 0.717) is 0 Å². The van der Waals surface area contributed by atoms with Crippen molar-refractivity contribution in [3.8, 4) is 0 Å². The highest BCUT2D eigenvalue weighted by molar-refractivity contribution is 6.35. The van der Waals surface area contributed by atoms with Gasteiger partial charge in [-0.15, -0.1) is 0 Å². The molecule has 3 aliphatic heterocycles. The second-order valence-electron chi connectivity index (χ2n) is 10.6. The van der Waals surface area contributed by atoms with Crippen LogP contribution in [0.15, 0.2) is 0 Å². The lowest BCUT2D eigenvalue weighted by Gasteiger charge is -2.47. The van der Waals surface area contributed by atoms with Crippen LogP contribution < -0.4 is 0 Å². The molecule has 2 fully saturated rings. The fraction of sp³-hybridized carbons (Fsp3) is 0.714. The molecule has 0 aromatic carbocycles. The molecule has 48 heavy (non-hydrogen) atoms. The van der Waals surface area contributed by atoms with Crippen molar-refractivity contribution in [1.82, 2.24) is 0 Å². The van der Waals surface area contributed by atoms with E-state index < -0.39 is 122 Å². The second kappa shape index (κ2) is 16.5. The van der Waals surface area contributed by atoms with Crippen molar-refractivity contribution in [3.05, 3.63) is 5.21 Å². The van der Waals surface area contributed by atoms with Crippen molar-refractivity contribution in [3.63, 3.8) is 0 Å². The zero-order chi connectivity index (χ0) is 35.9. The van der Waals surface area contributed by atoms with Crippen LogP contribution >= 0.6 is 0 Å². The first-order chi connectivity index (χ1) is 22.5. The van der Waals surface area contributed by atoms with E-state index in [2.05, 4.69) is 0 Å². The van der Waals surface area contributed by atoms with Crippen LogP contribution in [0.2, 0.25) is 0 Å². The van der Waals surface area contributed by atoms with Gasteiger partial charge >= 0.3 is 47.5 Å². The molecule has 20 heteroatoms. The van der Waals surface area contributed by atoms with Crippen LogP contribution in [-0.2, 0) is 85.8 Å². The molecular formula is C28H37NO19. The molecule has 20 nitrogen and oxygen atoms in total. The van der Waals surface area contributed by atoms with E-state index in [1.165, 1.54) is 6.92 Å². The van der Waals surface area contributed by atoms with Crippen LogP contribution in [0.5, 0.6) is 0 Å². The highest BCUT2D eigenvalue weighted by Gasteiger charge is 2.62. The van der Waals surface area contributed by atoms with Crippen LogP contribution in [-0.4, -0.2) is 128 Å². The molecule has 0 aromatic rings. The lowest BCUT2D eigenvalue weighted by atomic mass is 9.87. The molecule has 0 aromatic heterocycles. The Morgan fingerprint density at radius 2 is 1.10 bits per heavy atom.